The van der Waals surface area contributed by atoms with E-state index in [-0.39, 0.29) is 18.7 Å². The van der Waals surface area contributed by atoms with Crippen LogP contribution in [0, 0.1) is 0 Å². The van der Waals surface area contributed by atoms with Crippen LogP contribution in [0.3, 0.4) is 0 Å². The van der Waals surface area contributed by atoms with Gasteiger partial charge in [-0.25, -0.2) is 4.79 Å². The maximum atomic E-state index is 12.1. The van der Waals surface area contributed by atoms with Crippen molar-refractivity contribution in [3.63, 3.8) is 0 Å². The van der Waals surface area contributed by atoms with Crippen LogP contribution in [0.25, 0.3) is 0 Å². The van der Waals surface area contributed by atoms with E-state index in [0.717, 1.165) is 17.7 Å². The Morgan fingerprint density at radius 1 is 0.960 bits per heavy atom. The number of benzene rings is 2. The van der Waals surface area contributed by atoms with Crippen molar-refractivity contribution in [1.82, 2.24) is 0 Å². The third kappa shape index (κ3) is 7.00. The molecule has 1 unspecified atom stereocenters. The first-order valence-electron chi connectivity index (χ1n) is 9.17. The van der Waals surface area contributed by atoms with Crippen molar-refractivity contribution in [2.45, 2.75) is 58.7 Å². The molecule has 25 heavy (non-hydrogen) atoms. The van der Waals surface area contributed by atoms with E-state index in [1.165, 1.54) is 25.7 Å². The maximum absolute atomic E-state index is 12.1. The van der Waals surface area contributed by atoms with Gasteiger partial charge in [-0.1, -0.05) is 56.5 Å². The van der Waals surface area contributed by atoms with Gasteiger partial charge in [-0.2, -0.15) is 0 Å². The summed E-state index contributed by atoms with van der Waals surface area (Å²) in [6.07, 6.45) is 6.23. The van der Waals surface area contributed by atoms with E-state index < -0.39 is 0 Å². The summed E-state index contributed by atoms with van der Waals surface area (Å²) in [5.74, 6) is 0.477. The van der Waals surface area contributed by atoms with Crippen molar-refractivity contribution in [3.8, 4) is 5.75 Å². The third-order valence-electron chi connectivity index (χ3n) is 4.10. The van der Waals surface area contributed by atoms with Gasteiger partial charge in [-0.3, -0.25) is 0 Å². The Labute approximate surface area is 151 Å². The number of carbonyl (C=O) groups is 1. The average molecular weight is 340 g/mol. The summed E-state index contributed by atoms with van der Waals surface area (Å²) in [5, 5.41) is 0. The molecule has 3 heteroatoms. The van der Waals surface area contributed by atoms with Crippen LogP contribution in [-0.4, -0.2) is 12.1 Å². The fourth-order valence-electron chi connectivity index (χ4n) is 2.63. The van der Waals surface area contributed by atoms with Crippen molar-refractivity contribution >= 4 is 5.97 Å². The monoisotopic (exact) mass is 340 g/mol. The number of rotatable bonds is 10. The Balaban J connectivity index is 1.77. The molecule has 0 aromatic heterocycles. The van der Waals surface area contributed by atoms with Crippen molar-refractivity contribution in [2.75, 3.05) is 0 Å². The van der Waals surface area contributed by atoms with Crippen LogP contribution in [0.1, 0.15) is 61.9 Å². The van der Waals surface area contributed by atoms with Gasteiger partial charge in [-0.05, 0) is 49.6 Å². The normalized spacial score (nSPS) is 11.8. The molecule has 0 saturated heterocycles. The third-order valence-corrected chi connectivity index (χ3v) is 4.10. The second-order valence-electron chi connectivity index (χ2n) is 6.36. The van der Waals surface area contributed by atoms with E-state index in [9.17, 15) is 4.79 Å². The first-order chi connectivity index (χ1) is 12.2. The molecule has 0 amide bonds. The number of esters is 1. The Kier molecular flexibility index (Phi) is 8.03. The van der Waals surface area contributed by atoms with Gasteiger partial charge < -0.3 is 9.47 Å². The maximum Gasteiger partial charge on any atom is 0.338 e. The minimum absolute atomic E-state index is 0.188. The van der Waals surface area contributed by atoms with Crippen LogP contribution in [0.5, 0.6) is 5.75 Å². The predicted molar refractivity (Wildman–Crippen MR) is 101 cm³/mol. The number of unbranched alkanes of at least 4 members (excludes halogenated alkanes) is 3. The van der Waals surface area contributed by atoms with E-state index in [0.29, 0.717) is 5.56 Å². The zero-order valence-electron chi connectivity index (χ0n) is 15.2. The molecule has 0 radical (unpaired) electrons. The SMILES string of the molecule is CCCCCCC(C)Oc1ccc(C(=O)OCc2ccccc2)cc1. The van der Waals surface area contributed by atoms with Gasteiger partial charge in [0, 0.05) is 0 Å². The molecule has 134 valence electrons. The lowest BCUT2D eigenvalue weighted by atomic mass is 10.1. The summed E-state index contributed by atoms with van der Waals surface area (Å²) in [6, 6.07) is 16.9. The molecule has 3 nitrogen and oxygen atoms in total. The van der Waals surface area contributed by atoms with Crippen LogP contribution in [0.4, 0.5) is 0 Å². The molecular formula is C22H28O3. The highest BCUT2D eigenvalue weighted by atomic mass is 16.5. The summed E-state index contributed by atoms with van der Waals surface area (Å²) in [7, 11) is 0. The summed E-state index contributed by atoms with van der Waals surface area (Å²) in [5.41, 5.74) is 1.52. The van der Waals surface area contributed by atoms with E-state index in [2.05, 4.69) is 13.8 Å². The average Bonchev–Trinajstić information content (AvgIpc) is 2.65. The Hall–Kier alpha value is -2.29. The van der Waals surface area contributed by atoms with Gasteiger partial charge in [-0.15, -0.1) is 0 Å². The Bertz CT molecular complexity index is 619. The van der Waals surface area contributed by atoms with Crippen molar-refractivity contribution in [3.05, 3.63) is 65.7 Å². The van der Waals surface area contributed by atoms with Crippen LogP contribution in [0.2, 0.25) is 0 Å². The summed E-state index contributed by atoms with van der Waals surface area (Å²) in [6.45, 7) is 4.59. The van der Waals surface area contributed by atoms with Crippen molar-refractivity contribution in [2.24, 2.45) is 0 Å². The van der Waals surface area contributed by atoms with Gasteiger partial charge in [0.05, 0.1) is 11.7 Å². The van der Waals surface area contributed by atoms with E-state index in [1.807, 2.05) is 42.5 Å². The second kappa shape index (κ2) is 10.5. The Morgan fingerprint density at radius 3 is 2.36 bits per heavy atom. The molecule has 0 spiro atoms. The molecule has 2 aromatic carbocycles. The molecule has 0 bridgehead atoms. The van der Waals surface area contributed by atoms with Gasteiger partial charge in [0.1, 0.15) is 12.4 Å². The molecule has 0 saturated carbocycles. The first kappa shape index (κ1) is 19.0. The lowest BCUT2D eigenvalue weighted by Gasteiger charge is -2.14. The van der Waals surface area contributed by atoms with Crippen LogP contribution >= 0.6 is 0 Å². The fraction of sp³-hybridized carbons (Fsp3) is 0.409. The standard InChI is InChI=1S/C22H28O3/c1-3-4-5-7-10-18(2)25-21-15-13-20(14-16-21)22(23)24-17-19-11-8-6-9-12-19/h6,8-9,11-16,18H,3-5,7,10,17H2,1-2H3. The van der Waals surface area contributed by atoms with Crippen LogP contribution in [0.15, 0.2) is 54.6 Å². The fourth-order valence-corrected chi connectivity index (χ4v) is 2.63. The first-order valence-corrected chi connectivity index (χ1v) is 9.17. The minimum atomic E-state index is -0.317. The molecule has 0 aliphatic heterocycles. The van der Waals surface area contributed by atoms with E-state index in [4.69, 9.17) is 9.47 Å². The molecule has 0 aliphatic rings. The number of hydrogen-bond donors (Lipinski definition) is 0. The molecule has 0 N–H and O–H groups in total. The second-order valence-corrected chi connectivity index (χ2v) is 6.36. The minimum Gasteiger partial charge on any atom is -0.491 e. The van der Waals surface area contributed by atoms with Crippen LogP contribution in [-0.2, 0) is 11.3 Å². The lowest BCUT2D eigenvalue weighted by Crippen LogP contribution is -2.11. The molecule has 1 atom stereocenters. The molecule has 0 heterocycles. The van der Waals surface area contributed by atoms with Crippen molar-refractivity contribution < 1.29 is 14.3 Å². The van der Waals surface area contributed by atoms with Gasteiger partial charge in [0.2, 0.25) is 0 Å². The Morgan fingerprint density at radius 2 is 1.68 bits per heavy atom. The summed E-state index contributed by atoms with van der Waals surface area (Å²) >= 11 is 0. The van der Waals surface area contributed by atoms with Gasteiger partial charge in [0.25, 0.3) is 0 Å². The topological polar surface area (TPSA) is 35.5 Å². The predicted octanol–water partition coefficient (Wildman–Crippen LogP) is 5.78. The zero-order chi connectivity index (χ0) is 17.9. The highest BCUT2D eigenvalue weighted by molar-refractivity contribution is 5.89. The number of ether oxygens (including phenoxy) is 2. The van der Waals surface area contributed by atoms with Crippen molar-refractivity contribution in [1.29, 1.82) is 0 Å². The molecule has 0 aliphatic carbocycles. The zero-order valence-corrected chi connectivity index (χ0v) is 15.2. The highest BCUT2D eigenvalue weighted by Crippen LogP contribution is 2.17. The molecule has 0 fully saturated rings. The molecule has 2 rings (SSSR count). The lowest BCUT2D eigenvalue weighted by molar-refractivity contribution is 0.0472. The highest BCUT2D eigenvalue weighted by Gasteiger charge is 2.09. The van der Waals surface area contributed by atoms with E-state index in [1.54, 1.807) is 12.1 Å². The summed E-state index contributed by atoms with van der Waals surface area (Å²) < 4.78 is 11.2. The quantitative estimate of drug-likeness (QED) is 0.406. The summed E-state index contributed by atoms with van der Waals surface area (Å²) in [4.78, 5) is 12.1. The van der Waals surface area contributed by atoms with E-state index >= 15 is 0 Å². The number of carbonyl (C=O) groups excluding carboxylic acids is 1. The molecule has 2 aromatic rings. The smallest absolute Gasteiger partial charge is 0.338 e. The number of hydrogen-bond acceptors (Lipinski definition) is 3. The largest absolute Gasteiger partial charge is 0.491 e. The van der Waals surface area contributed by atoms with Crippen LogP contribution < -0.4 is 4.74 Å². The van der Waals surface area contributed by atoms with Gasteiger partial charge in [0.15, 0.2) is 0 Å². The molecular weight excluding hydrogens is 312 g/mol. The van der Waals surface area contributed by atoms with Gasteiger partial charge >= 0.3 is 5.97 Å².